The molecule has 2 unspecified atom stereocenters. The highest BCUT2D eigenvalue weighted by molar-refractivity contribution is 5.99. The Morgan fingerprint density at radius 2 is 1.82 bits per heavy atom. The lowest BCUT2D eigenvalue weighted by Crippen LogP contribution is -2.51. The number of allylic oxidation sites excluding steroid dienone is 4. The molecule has 0 spiro atoms. The first-order valence-electron chi connectivity index (χ1n) is 13.1. The van der Waals surface area contributed by atoms with Crippen LogP contribution in [0.25, 0.3) is 0 Å². The van der Waals surface area contributed by atoms with Gasteiger partial charge in [0.2, 0.25) is 0 Å². The van der Waals surface area contributed by atoms with Crippen molar-refractivity contribution in [2.24, 2.45) is 23.2 Å². The van der Waals surface area contributed by atoms with E-state index in [1.54, 1.807) is 0 Å². The quantitative estimate of drug-likeness (QED) is 0.455. The fourth-order valence-corrected chi connectivity index (χ4v) is 7.84. The van der Waals surface area contributed by atoms with Gasteiger partial charge in [0.05, 0.1) is 0 Å². The van der Waals surface area contributed by atoms with E-state index in [1.165, 1.54) is 22.3 Å². The van der Waals surface area contributed by atoms with E-state index in [2.05, 4.69) is 30.9 Å². The summed E-state index contributed by atoms with van der Waals surface area (Å²) in [5.41, 5.74) is 5.00. The number of aliphatic hydroxyl groups is 1. The molecule has 0 amide bonds. The van der Waals surface area contributed by atoms with Gasteiger partial charge >= 0.3 is 0 Å². The molecule has 3 nitrogen and oxygen atoms in total. The SMILES string of the molecule is CC#C[C@]1(O)CCC2C3CCC4=CC(=O)CCC4=C3[C@@H](c3ccc(C(=O)C4CC4)cc3)C[C@@]21C. The van der Waals surface area contributed by atoms with Crippen molar-refractivity contribution < 1.29 is 14.7 Å². The number of ketones is 2. The Morgan fingerprint density at radius 3 is 2.53 bits per heavy atom. The van der Waals surface area contributed by atoms with Crippen LogP contribution >= 0.6 is 0 Å². The average Bonchev–Trinajstić information content (AvgIpc) is 3.64. The van der Waals surface area contributed by atoms with Crippen LogP contribution in [0.4, 0.5) is 0 Å². The molecule has 5 atom stereocenters. The molecule has 3 saturated carbocycles. The summed E-state index contributed by atoms with van der Waals surface area (Å²) in [6, 6.07) is 8.34. The average molecular weight is 455 g/mol. The minimum Gasteiger partial charge on any atom is -0.377 e. The Morgan fingerprint density at radius 1 is 1.06 bits per heavy atom. The maximum Gasteiger partial charge on any atom is 0.165 e. The number of hydrogen-bond donors (Lipinski definition) is 1. The predicted molar refractivity (Wildman–Crippen MR) is 132 cm³/mol. The van der Waals surface area contributed by atoms with Crippen LogP contribution in [0.5, 0.6) is 0 Å². The van der Waals surface area contributed by atoms with Gasteiger partial charge in [-0.2, -0.15) is 0 Å². The molecule has 0 bridgehead atoms. The van der Waals surface area contributed by atoms with E-state index in [0.29, 0.717) is 18.3 Å². The van der Waals surface area contributed by atoms with Crippen LogP contribution in [0.1, 0.15) is 93.5 Å². The van der Waals surface area contributed by atoms with E-state index in [9.17, 15) is 14.7 Å². The maximum atomic E-state index is 12.6. The van der Waals surface area contributed by atoms with Crippen molar-refractivity contribution in [3.63, 3.8) is 0 Å². The zero-order chi connectivity index (χ0) is 23.7. The molecule has 0 aliphatic heterocycles. The minimum atomic E-state index is -0.957. The van der Waals surface area contributed by atoms with Crippen molar-refractivity contribution in [2.45, 2.75) is 83.2 Å². The lowest BCUT2D eigenvalue weighted by molar-refractivity contribution is -0.114. The fraction of sp³-hybridized carbons (Fsp3) is 0.548. The van der Waals surface area contributed by atoms with Crippen LogP contribution in [0.3, 0.4) is 0 Å². The third kappa shape index (κ3) is 3.22. The van der Waals surface area contributed by atoms with Crippen molar-refractivity contribution in [1.29, 1.82) is 0 Å². The lowest BCUT2D eigenvalue weighted by atomic mass is 9.51. The van der Waals surface area contributed by atoms with E-state index in [-0.39, 0.29) is 28.8 Å². The van der Waals surface area contributed by atoms with Crippen LogP contribution in [0, 0.1) is 35.0 Å². The van der Waals surface area contributed by atoms with Crippen LogP contribution in [-0.4, -0.2) is 22.3 Å². The monoisotopic (exact) mass is 454 g/mol. The highest BCUT2D eigenvalue weighted by atomic mass is 16.3. The zero-order valence-electron chi connectivity index (χ0n) is 20.3. The fourth-order valence-electron chi connectivity index (χ4n) is 7.84. The molecule has 1 N–H and O–H groups in total. The third-order valence-electron chi connectivity index (χ3n) is 9.76. The summed E-state index contributed by atoms with van der Waals surface area (Å²) in [5.74, 6) is 8.02. The van der Waals surface area contributed by atoms with Gasteiger partial charge in [-0.3, -0.25) is 9.59 Å². The first kappa shape index (κ1) is 22.1. The molecular weight excluding hydrogens is 420 g/mol. The molecule has 3 fully saturated rings. The van der Waals surface area contributed by atoms with Crippen LogP contribution < -0.4 is 0 Å². The Hall–Kier alpha value is -2.44. The van der Waals surface area contributed by atoms with E-state index in [1.807, 2.05) is 25.1 Å². The standard InChI is InChI=1S/C31H34O3/c1-3-15-31(34)16-14-27-25-12-10-22-17-23(32)11-13-24(22)28(25)26(18-30(27,31)2)19-4-6-20(7-5-19)29(33)21-8-9-21/h4-7,17,21,25-27,34H,8-14,16,18H2,1-2H3/t25?,26-,27?,30+,31+/m1/s1. The predicted octanol–water partition coefficient (Wildman–Crippen LogP) is 5.93. The van der Waals surface area contributed by atoms with Gasteiger partial charge in [-0.15, -0.1) is 5.92 Å². The molecule has 0 radical (unpaired) electrons. The van der Waals surface area contributed by atoms with Gasteiger partial charge in [0.25, 0.3) is 0 Å². The van der Waals surface area contributed by atoms with Gasteiger partial charge in [0.15, 0.2) is 11.6 Å². The first-order valence-corrected chi connectivity index (χ1v) is 13.1. The zero-order valence-corrected chi connectivity index (χ0v) is 20.3. The molecule has 0 saturated heterocycles. The molecule has 176 valence electrons. The van der Waals surface area contributed by atoms with Crippen molar-refractivity contribution in [3.05, 3.63) is 58.2 Å². The van der Waals surface area contributed by atoms with Gasteiger partial charge < -0.3 is 5.11 Å². The van der Waals surface area contributed by atoms with Crippen LogP contribution in [0.15, 0.2) is 47.1 Å². The van der Waals surface area contributed by atoms with Crippen molar-refractivity contribution in [3.8, 4) is 11.8 Å². The van der Waals surface area contributed by atoms with Crippen molar-refractivity contribution in [1.82, 2.24) is 0 Å². The summed E-state index contributed by atoms with van der Waals surface area (Å²) in [6.45, 7) is 4.10. The summed E-state index contributed by atoms with van der Waals surface area (Å²) < 4.78 is 0. The number of benzene rings is 1. The highest BCUT2D eigenvalue weighted by Crippen LogP contribution is 2.66. The Bertz CT molecular complexity index is 1190. The van der Waals surface area contributed by atoms with Gasteiger partial charge in [0, 0.05) is 29.2 Å². The van der Waals surface area contributed by atoms with Crippen molar-refractivity contribution >= 4 is 11.6 Å². The van der Waals surface area contributed by atoms with Crippen molar-refractivity contribution in [2.75, 3.05) is 0 Å². The maximum absolute atomic E-state index is 12.6. The third-order valence-corrected chi connectivity index (χ3v) is 9.76. The molecule has 5 aliphatic carbocycles. The molecule has 34 heavy (non-hydrogen) atoms. The van der Waals surface area contributed by atoms with Crippen LogP contribution in [0.2, 0.25) is 0 Å². The molecule has 0 aromatic heterocycles. The largest absolute Gasteiger partial charge is 0.377 e. The summed E-state index contributed by atoms with van der Waals surface area (Å²) in [5, 5.41) is 11.8. The van der Waals surface area contributed by atoms with Gasteiger partial charge in [0.1, 0.15) is 5.60 Å². The molecule has 3 heteroatoms. The van der Waals surface area contributed by atoms with E-state index in [4.69, 9.17) is 0 Å². The second kappa shape index (κ2) is 7.79. The number of rotatable bonds is 3. The Kier molecular flexibility index (Phi) is 5.05. The van der Waals surface area contributed by atoms with Gasteiger partial charge in [-0.25, -0.2) is 0 Å². The second-order valence-electron chi connectivity index (χ2n) is 11.5. The summed E-state index contributed by atoms with van der Waals surface area (Å²) in [6.07, 6.45) is 9.98. The van der Waals surface area contributed by atoms with E-state index >= 15 is 0 Å². The number of carbonyl (C=O) groups excluding carboxylic acids is 2. The molecule has 1 aromatic carbocycles. The second-order valence-corrected chi connectivity index (χ2v) is 11.5. The molecule has 1 aromatic rings. The molecule has 6 rings (SSSR count). The van der Waals surface area contributed by atoms with Crippen LogP contribution in [-0.2, 0) is 4.79 Å². The van der Waals surface area contributed by atoms with E-state index in [0.717, 1.165) is 56.9 Å². The number of carbonyl (C=O) groups is 2. The first-order chi connectivity index (χ1) is 16.3. The smallest absolute Gasteiger partial charge is 0.165 e. The molecule has 5 aliphatic rings. The van der Waals surface area contributed by atoms with Gasteiger partial charge in [-0.05, 0) is 92.9 Å². The lowest BCUT2D eigenvalue weighted by Gasteiger charge is -2.53. The normalized spacial score (nSPS) is 36.6. The summed E-state index contributed by atoms with van der Waals surface area (Å²) in [4.78, 5) is 24.8. The molecule has 0 heterocycles. The Balaban J connectivity index is 1.47. The topological polar surface area (TPSA) is 54.4 Å². The number of Topliss-reactive ketones (excluding diaryl/α,β-unsaturated/α-hetero) is 1. The number of fused-ring (bicyclic) bond motifs is 4. The summed E-state index contributed by atoms with van der Waals surface area (Å²) >= 11 is 0. The molecular formula is C31H34O3. The number of hydrogen-bond acceptors (Lipinski definition) is 3. The van der Waals surface area contributed by atoms with E-state index < -0.39 is 5.60 Å². The minimum absolute atomic E-state index is 0.187. The highest BCUT2D eigenvalue weighted by Gasteiger charge is 2.62. The Labute approximate surface area is 202 Å². The van der Waals surface area contributed by atoms with Gasteiger partial charge in [-0.1, -0.05) is 42.7 Å². The summed E-state index contributed by atoms with van der Waals surface area (Å²) in [7, 11) is 0.